The maximum atomic E-state index is 12.0. The molecule has 2 heterocycles. The second kappa shape index (κ2) is 5.30. The lowest BCUT2D eigenvalue weighted by atomic mass is 9.49. The van der Waals surface area contributed by atoms with Crippen molar-refractivity contribution in [1.29, 1.82) is 0 Å². The van der Waals surface area contributed by atoms with Gasteiger partial charge in [0.1, 0.15) is 0 Å². The average Bonchev–Trinajstić information content (AvgIpc) is 3.08. The van der Waals surface area contributed by atoms with Crippen molar-refractivity contribution in [2.45, 2.75) is 33.1 Å². The minimum Gasteiger partial charge on any atom is -0.297 e. The number of hydrogen-bond donors (Lipinski definition) is 1. The SMILES string of the molecule is CC1(C)[C@@H]2CC=C(/C=N\NC(=O)Cc3cn4ccsc4n3)[C@@H]1C2. The van der Waals surface area contributed by atoms with Crippen LogP contribution in [0.15, 0.2) is 34.5 Å². The number of nitrogens with one attached hydrogen (secondary N) is 1. The molecule has 0 spiro atoms. The highest BCUT2D eigenvalue weighted by atomic mass is 32.1. The van der Waals surface area contributed by atoms with Crippen LogP contribution < -0.4 is 5.43 Å². The van der Waals surface area contributed by atoms with Gasteiger partial charge in [-0.15, -0.1) is 11.3 Å². The number of rotatable bonds is 4. The molecule has 5 nitrogen and oxygen atoms in total. The lowest BCUT2D eigenvalue weighted by molar-refractivity contribution is -0.120. The molecule has 0 aromatic carbocycles. The Labute approximate surface area is 139 Å². The van der Waals surface area contributed by atoms with Gasteiger partial charge >= 0.3 is 0 Å². The van der Waals surface area contributed by atoms with E-state index in [9.17, 15) is 4.79 Å². The predicted octanol–water partition coefficient (Wildman–Crippen LogP) is 3.03. The molecular formula is C17H20N4OS. The van der Waals surface area contributed by atoms with Gasteiger partial charge in [0, 0.05) is 17.8 Å². The number of allylic oxidation sites excluding steroid dienone is 2. The molecule has 3 aliphatic rings. The van der Waals surface area contributed by atoms with Crippen LogP contribution in [0.4, 0.5) is 0 Å². The molecule has 3 aliphatic carbocycles. The molecule has 2 aromatic rings. The summed E-state index contributed by atoms with van der Waals surface area (Å²) in [6.07, 6.45) is 10.6. The van der Waals surface area contributed by atoms with E-state index in [1.54, 1.807) is 11.3 Å². The van der Waals surface area contributed by atoms with Gasteiger partial charge in [0.05, 0.1) is 18.3 Å². The van der Waals surface area contributed by atoms with Crippen LogP contribution in [0, 0.1) is 17.3 Å². The van der Waals surface area contributed by atoms with Crippen LogP contribution in [-0.2, 0) is 11.2 Å². The van der Waals surface area contributed by atoms with E-state index >= 15 is 0 Å². The maximum absolute atomic E-state index is 12.0. The minimum atomic E-state index is -0.130. The number of carbonyl (C=O) groups is 1. The van der Waals surface area contributed by atoms with Gasteiger partial charge in [-0.3, -0.25) is 9.20 Å². The first-order valence-corrected chi connectivity index (χ1v) is 8.85. The van der Waals surface area contributed by atoms with Gasteiger partial charge in [-0.05, 0) is 35.7 Å². The highest BCUT2D eigenvalue weighted by molar-refractivity contribution is 7.15. The summed E-state index contributed by atoms with van der Waals surface area (Å²) in [4.78, 5) is 17.3. The Morgan fingerprint density at radius 2 is 2.48 bits per heavy atom. The van der Waals surface area contributed by atoms with Gasteiger partial charge in [0.2, 0.25) is 5.91 Å². The van der Waals surface area contributed by atoms with Crippen molar-refractivity contribution >= 4 is 28.4 Å². The molecule has 6 heteroatoms. The summed E-state index contributed by atoms with van der Waals surface area (Å²) in [6.45, 7) is 4.66. The predicted molar refractivity (Wildman–Crippen MR) is 91.5 cm³/mol. The van der Waals surface area contributed by atoms with Crippen molar-refractivity contribution in [1.82, 2.24) is 14.8 Å². The van der Waals surface area contributed by atoms with Crippen molar-refractivity contribution in [2.24, 2.45) is 22.4 Å². The maximum Gasteiger partial charge on any atom is 0.246 e. The monoisotopic (exact) mass is 328 g/mol. The molecule has 2 bridgehead atoms. The third-order valence-corrected chi connectivity index (χ3v) is 6.17. The molecular weight excluding hydrogens is 308 g/mol. The van der Waals surface area contributed by atoms with E-state index in [-0.39, 0.29) is 12.3 Å². The number of carbonyl (C=O) groups excluding carboxylic acids is 1. The third-order valence-electron chi connectivity index (χ3n) is 5.40. The number of thiazole rings is 1. The second-order valence-corrected chi connectivity index (χ2v) is 7.91. The largest absolute Gasteiger partial charge is 0.297 e. The van der Waals surface area contributed by atoms with Crippen LogP contribution >= 0.6 is 11.3 Å². The molecule has 0 aliphatic heterocycles. The Balaban J connectivity index is 1.34. The van der Waals surface area contributed by atoms with Crippen molar-refractivity contribution < 1.29 is 4.79 Å². The zero-order chi connectivity index (χ0) is 16.0. The number of nitrogens with zero attached hydrogens (tertiary/aromatic N) is 3. The number of aromatic nitrogens is 2. The van der Waals surface area contributed by atoms with Crippen LogP contribution in [0.25, 0.3) is 4.96 Å². The molecule has 120 valence electrons. The molecule has 0 radical (unpaired) electrons. The van der Waals surface area contributed by atoms with Crippen LogP contribution in [0.1, 0.15) is 32.4 Å². The molecule has 23 heavy (non-hydrogen) atoms. The lowest BCUT2D eigenvalue weighted by Gasteiger charge is -2.55. The van der Waals surface area contributed by atoms with E-state index in [0.29, 0.717) is 11.3 Å². The molecule has 1 amide bonds. The van der Waals surface area contributed by atoms with E-state index in [4.69, 9.17) is 0 Å². The Morgan fingerprint density at radius 1 is 1.61 bits per heavy atom. The van der Waals surface area contributed by atoms with Crippen molar-refractivity contribution in [3.05, 3.63) is 35.1 Å². The first kappa shape index (κ1) is 14.6. The number of amides is 1. The summed E-state index contributed by atoms with van der Waals surface area (Å²) in [5.74, 6) is 1.27. The smallest absolute Gasteiger partial charge is 0.246 e. The van der Waals surface area contributed by atoms with E-state index in [0.717, 1.165) is 23.0 Å². The number of hydrogen-bond acceptors (Lipinski definition) is 4. The Morgan fingerprint density at radius 3 is 3.22 bits per heavy atom. The highest BCUT2D eigenvalue weighted by Crippen LogP contribution is 2.58. The molecule has 1 fully saturated rings. The minimum absolute atomic E-state index is 0.130. The molecule has 0 saturated heterocycles. The first-order valence-electron chi connectivity index (χ1n) is 7.97. The van der Waals surface area contributed by atoms with E-state index < -0.39 is 0 Å². The normalized spacial score (nSPS) is 25.4. The van der Waals surface area contributed by atoms with Crippen LogP contribution in [0.2, 0.25) is 0 Å². The van der Waals surface area contributed by atoms with E-state index in [1.165, 1.54) is 12.0 Å². The van der Waals surface area contributed by atoms with Crippen molar-refractivity contribution in [3.63, 3.8) is 0 Å². The fourth-order valence-corrected chi connectivity index (χ4v) is 4.51. The molecule has 1 N–H and O–H groups in total. The number of imidazole rings is 1. The van der Waals surface area contributed by atoms with Crippen molar-refractivity contribution in [2.75, 3.05) is 0 Å². The average molecular weight is 328 g/mol. The lowest BCUT2D eigenvalue weighted by Crippen LogP contribution is -2.48. The van der Waals surface area contributed by atoms with Crippen molar-refractivity contribution in [3.8, 4) is 0 Å². The second-order valence-electron chi connectivity index (χ2n) is 7.04. The van der Waals surface area contributed by atoms with Crippen LogP contribution in [0.3, 0.4) is 0 Å². The summed E-state index contributed by atoms with van der Waals surface area (Å²) in [5.41, 5.74) is 5.03. The topological polar surface area (TPSA) is 58.8 Å². The first-order chi connectivity index (χ1) is 11.0. The Bertz CT molecular complexity index is 785. The summed E-state index contributed by atoms with van der Waals surface area (Å²) in [6, 6.07) is 0. The fraction of sp³-hybridized carbons (Fsp3) is 0.471. The summed E-state index contributed by atoms with van der Waals surface area (Å²) >= 11 is 1.56. The van der Waals surface area contributed by atoms with Gasteiger partial charge in [-0.1, -0.05) is 19.9 Å². The standard InChI is InChI=1S/C17H20N4OS/c1-17(2)12-4-3-11(14(17)7-12)9-18-20-15(22)8-13-10-21-5-6-23-16(21)19-13/h3,5-6,9-10,12,14H,4,7-8H2,1-2H3,(H,20,22)/b18-9-/t12-,14+/m1/s1. The Hall–Kier alpha value is -1.95. The fourth-order valence-electron chi connectivity index (χ4n) is 3.79. The number of fused-ring (bicyclic) bond motifs is 2. The van der Waals surface area contributed by atoms with Gasteiger partial charge in [0.15, 0.2) is 4.96 Å². The zero-order valence-electron chi connectivity index (χ0n) is 13.3. The molecule has 2 aromatic heterocycles. The molecule has 0 unspecified atom stereocenters. The summed E-state index contributed by atoms with van der Waals surface area (Å²) in [7, 11) is 0. The summed E-state index contributed by atoms with van der Waals surface area (Å²) in [5, 5.41) is 6.12. The molecule has 5 rings (SSSR count). The quantitative estimate of drug-likeness (QED) is 0.693. The van der Waals surface area contributed by atoms with Crippen LogP contribution in [-0.4, -0.2) is 21.5 Å². The van der Waals surface area contributed by atoms with E-state index in [2.05, 4.69) is 35.4 Å². The zero-order valence-corrected chi connectivity index (χ0v) is 14.1. The van der Waals surface area contributed by atoms with Gasteiger partial charge in [0.25, 0.3) is 0 Å². The molecule has 2 atom stereocenters. The van der Waals surface area contributed by atoms with E-state index in [1.807, 2.05) is 28.4 Å². The van der Waals surface area contributed by atoms with Gasteiger partial charge in [-0.2, -0.15) is 5.10 Å². The van der Waals surface area contributed by atoms with Gasteiger partial charge in [-0.25, -0.2) is 10.4 Å². The third kappa shape index (κ3) is 2.51. The number of hydrazone groups is 1. The summed E-state index contributed by atoms with van der Waals surface area (Å²) < 4.78 is 1.93. The molecule has 1 saturated carbocycles. The highest BCUT2D eigenvalue weighted by Gasteiger charge is 2.50. The Kier molecular flexibility index (Phi) is 3.37. The van der Waals surface area contributed by atoms with Gasteiger partial charge < -0.3 is 0 Å². The van der Waals surface area contributed by atoms with Crippen LogP contribution in [0.5, 0.6) is 0 Å².